The van der Waals surface area contributed by atoms with Gasteiger partial charge >= 0.3 is 6.09 Å². The van der Waals surface area contributed by atoms with E-state index in [1.165, 1.54) is 12.1 Å². The summed E-state index contributed by atoms with van der Waals surface area (Å²) in [5.41, 5.74) is 12.7. The minimum Gasteiger partial charge on any atom is -0.496 e. The van der Waals surface area contributed by atoms with Gasteiger partial charge in [0.15, 0.2) is 0 Å². The number of rotatable bonds is 10. The number of ether oxygens (including phenoxy) is 3. The van der Waals surface area contributed by atoms with Crippen LogP contribution < -0.4 is 25.3 Å². The first-order valence-electron chi connectivity index (χ1n) is 15.8. The van der Waals surface area contributed by atoms with Gasteiger partial charge in [-0.3, -0.25) is 4.90 Å². The monoisotopic (exact) mass is 637 g/mol. The van der Waals surface area contributed by atoms with E-state index >= 15 is 0 Å². The van der Waals surface area contributed by atoms with Crippen LogP contribution in [0.3, 0.4) is 0 Å². The number of fused-ring (bicyclic) bond motifs is 1. The number of nitrogens with one attached hydrogen (secondary N) is 1. The quantitative estimate of drug-likeness (QED) is 0.181. The second kappa shape index (κ2) is 13.5. The molecule has 1 aliphatic rings. The summed E-state index contributed by atoms with van der Waals surface area (Å²) in [5.74, 6) is 0.988. The number of aryl methyl sites for hydroxylation is 1. The van der Waals surface area contributed by atoms with E-state index in [4.69, 9.17) is 19.9 Å². The Morgan fingerprint density at radius 2 is 1.68 bits per heavy atom. The molecule has 7 nitrogen and oxygen atoms in total. The summed E-state index contributed by atoms with van der Waals surface area (Å²) in [6.45, 7) is 12.9. The summed E-state index contributed by atoms with van der Waals surface area (Å²) >= 11 is 0. The fourth-order valence-electron chi connectivity index (χ4n) is 6.00. The van der Waals surface area contributed by atoms with Crippen LogP contribution in [0, 0.1) is 12.7 Å². The van der Waals surface area contributed by atoms with Crippen LogP contribution in [-0.4, -0.2) is 35.7 Å². The number of methoxy groups -OCH3 is 1. The molecule has 0 aliphatic carbocycles. The molecule has 0 saturated carbocycles. The molecule has 0 atom stereocenters. The van der Waals surface area contributed by atoms with Crippen LogP contribution in [0.5, 0.6) is 17.2 Å². The molecule has 0 spiro atoms. The van der Waals surface area contributed by atoms with Crippen LogP contribution in [0.4, 0.5) is 14.9 Å². The summed E-state index contributed by atoms with van der Waals surface area (Å²) < 4.78 is 32.2. The fourth-order valence-corrected chi connectivity index (χ4v) is 6.00. The van der Waals surface area contributed by atoms with Gasteiger partial charge in [-0.2, -0.15) is 0 Å². The maximum Gasteiger partial charge on any atom is 0.416 e. The largest absolute Gasteiger partial charge is 0.496 e. The number of benzene rings is 4. The van der Waals surface area contributed by atoms with E-state index < -0.39 is 11.6 Å². The molecule has 246 valence electrons. The van der Waals surface area contributed by atoms with Gasteiger partial charge in [-0.05, 0) is 88.1 Å². The van der Waals surface area contributed by atoms with Gasteiger partial charge in [-0.25, -0.2) is 9.18 Å². The van der Waals surface area contributed by atoms with Crippen LogP contribution in [0.25, 0.3) is 16.7 Å². The van der Waals surface area contributed by atoms with Crippen LogP contribution in [-0.2, 0) is 13.2 Å². The normalized spacial score (nSPS) is 13.6. The zero-order valence-electron chi connectivity index (χ0n) is 28.2. The molecule has 0 bridgehead atoms. The minimum absolute atomic E-state index is 0.193. The summed E-state index contributed by atoms with van der Waals surface area (Å²) in [6.07, 6.45) is 1.68. The van der Waals surface area contributed by atoms with Crippen LogP contribution in [0.15, 0.2) is 84.9 Å². The Balaban J connectivity index is 1.52. The van der Waals surface area contributed by atoms with Gasteiger partial charge in [-0.1, -0.05) is 48.5 Å². The Labute approximate surface area is 277 Å². The Bertz CT molecular complexity index is 1800. The van der Waals surface area contributed by atoms with Gasteiger partial charge in [0, 0.05) is 47.6 Å². The average molecular weight is 638 g/mol. The molecular formula is C39H44FN3O4. The highest BCUT2D eigenvalue weighted by Crippen LogP contribution is 2.43. The number of hydrogen-bond acceptors (Lipinski definition) is 6. The molecule has 0 saturated heterocycles. The maximum atomic E-state index is 14.1. The number of allylic oxidation sites excluding steroid dienone is 1. The summed E-state index contributed by atoms with van der Waals surface area (Å²) in [4.78, 5) is 15.2. The van der Waals surface area contributed by atoms with Crippen LogP contribution in [0.1, 0.15) is 56.9 Å². The van der Waals surface area contributed by atoms with E-state index in [9.17, 15) is 9.18 Å². The predicted octanol–water partition coefficient (Wildman–Crippen LogP) is 8.73. The molecule has 1 aliphatic heterocycles. The lowest BCUT2D eigenvalue weighted by Gasteiger charge is -2.37. The molecule has 0 fully saturated rings. The van der Waals surface area contributed by atoms with Gasteiger partial charge in [0.05, 0.1) is 18.2 Å². The van der Waals surface area contributed by atoms with Gasteiger partial charge in [0.1, 0.15) is 29.7 Å². The second-order valence-corrected chi connectivity index (χ2v) is 13.2. The third kappa shape index (κ3) is 7.44. The third-order valence-electron chi connectivity index (χ3n) is 8.57. The Morgan fingerprint density at radius 3 is 2.38 bits per heavy atom. The molecule has 47 heavy (non-hydrogen) atoms. The molecule has 1 amide bonds. The number of carbonyl (C=O) groups is 1. The Kier molecular flexibility index (Phi) is 9.63. The predicted molar refractivity (Wildman–Crippen MR) is 186 cm³/mol. The molecule has 4 aromatic rings. The Morgan fingerprint density at radius 1 is 0.957 bits per heavy atom. The zero-order chi connectivity index (χ0) is 33.9. The van der Waals surface area contributed by atoms with Crippen molar-refractivity contribution >= 4 is 17.4 Å². The first-order valence-corrected chi connectivity index (χ1v) is 15.8. The zero-order valence-corrected chi connectivity index (χ0v) is 28.2. The molecule has 4 aromatic carbocycles. The standard InChI is InChI=1S/C39H44FN3O4/c1-25-13-14-28(40)19-34(25)46-23-32-30(17-18-33-36(32)26(2)21-38(3,4)42-33)31-16-15-29(20-35(31)45-7)47-37(44)43(39(5,6)24-41)22-27-11-9-8-10-12-27/h8-21,42H,22-24,41H2,1-7H3. The summed E-state index contributed by atoms with van der Waals surface area (Å²) in [5, 5.41) is 3.61. The number of nitrogens with zero attached hydrogens (tertiary/aromatic N) is 1. The topological polar surface area (TPSA) is 86.1 Å². The molecule has 0 radical (unpaired) electrons. The second-order valence-electron chi connectivity index (χ2n) is 13.2. The molecular weight excluding hydrogens is 593 g/mol. The van der Waals surface area contributed by atoms with E-state index in [-0.39, 0.29) is 24.5 Å². The van der Waals surface area contributed by atoms with Crippen molar-refractivity contribution in [2.24, 2.45) is 5.73 Å². The van der Waals surface area contributed by atoms with E-state index in [0.717, 1.165) is 44.6 Å². The van der Waals surface area contributed by atoms with Crippen molar-refractivity contribution in [1.29, 1.82) is 0 Å². The molecule has 1 heterocycles. The fraction of sp³-hybridized carbons (Fsp3) is 0.308. The highest BCUT2D eigenvalue weighted by Gasteiger charge is 2.32. The lowest BCUT2D eigenvalue weighted by molar-refractivity contribution is 0.0967. The van der Waals surface area contributed by atoms with Crippen molar-refractivity contribution in [3.8, 4) is 28.4 Å². The van der Waals surface area contributed by atoms with E-state index in [2.05, 4.69) is 38.2 Å². The molecule has 0 aromatic heterocycles. The highest BCUT2D eigenvalue weighted by molar-refractivity contribution is 5.88. The maximum absolute atomic E-state index is 14.1. The minimum atomic E-state index is -0.650. The lowest BCUT2D eigenvalue weighted by atomic mass is 9.85. The van der Waals surface area contributed by atoms with Crippen LogP contribution >= 0.6 is 0 Å². The number of anilines is 1. The lowest BCUT2D eigenvalue weighted by Crippen LogP contribution is -2.52. The molecule has 0 unspecified atom stereocenters. The molecule has 8 heteroatoms. The van der Waals surface area contributed by atoms with Crippen molar-refractivity contribution in [3.05, 3.63) is 113 Å². The van der Waals surface area contributed by atoms with Crippen molar-refractivity contribution in [3.63, 3.8) is 0 Å². The van der Waals surface area contributed by atoms with E-state index in [1.54, 1.807) is 30.2 Å². The first-order chi connectivity index (χ1) is 22.3. The number of hydrogen-bond donors (Lipinski definition) is 2. The van der Waals surface area contributed by atoms with Gasteiger partial charge in [0.25, 0.3) is 0 Å². The van der Waals surface area contributed by atoms with Crippen molar-refractivity contribution in [1.82, 2.24) is 4.90 Å². The first kappa shape index (κ1) is 33.5. The Hall–Kier alpha value is -4.82. The molecule has 3 N–H and O–H groups in total. The number of amides is 1. The molecule has 5 rings (SSSR count). The van der Waals surface area contributed by atoms with Gasteiger partial charge < -0.3 is 25.3 Å². The van der Waals surface area contributed by atoms with Gasteiger partial charge in [-0.15, -0.1) is 0 Å². The van der Waals surface area contributed by atoms with E-state index in [1.807, 2.05) is 63.2 Å². The smallest absolute Gasteiger partial charge is 0.416 e. The van der Waals surface area contributed by atoms with E-state index in [0.29, 0.717) is 23.8 Å². The summed E-state index contributed by atoms with van der Waals surface area (Å²) in [7, 11) is 1.59. The highest BCUT2D eigenvalue weighted by atomic mass is 19.1. The SMILES string of the molecule is COc1cc(OC(=O)N(Cc2ccccc2)C(C)(C)CN)ccc1-c1ccc2c(c1COc1cc(F)ccc1C)C(C)=CC(C)(C)N2. The van der Waals surface area contributed by atoms with Crippen molar-refractivity contribution in [2.75, 3.05) is 19.0 Å². The average Bonchev–Trinajstić information content (AvgIpc) is 3.03. The van der Waals surface area contributed by atoms with Crippen LogP contribution in [0.2, 0.25) is 0 Å². The third-order valence-corrected chi connectivity index (χ3v) is 8.57. The van der Waals surface area contributed by atoms with Crippen molar-refractivity contribution in [2.45, 2.75) is 65.8 Å². The number of carbonyl (C=O) groups excluding carboxylic acids is 1. The van der Waals surface area contributed by atoms with Gasteiger partial charge in [0.2, 0.25) is 0 Å². The van der Waals surface area contributed by atoms with Crippen molar-refractivity contribution < 1.29 is 23.4 Å². The number of nitrogens with two attached hydrogens (primary N) is 1. The number of halogens is 1. The summed E-state index contributed by atoms with van der Waals surface area (Å²) in [6, 6.07) is 23.7.